The summed E-state index contributed by atoms with van der Waals surface area (Å²) in [6.45, 7) is 6.71. The van der Waals surface area contributed by atoms with E-state index < -0.39 is 8.32 Å². The van der Waals surface area contributed by atoms with E-state index in [0.717, 1.165) is 6.29 Å². The molecule has 0 radical (unpaired) electrons. The molecule has 0 heterocycles. The smallest absolute Gasteiger partial charge is 0.218 e. The molecule has 0 aliphatic carbocycles. The summed E-state index contributed by atoms with van der Waals surface area (Å²) in [5.74, 6) is -0.0134. The minimum absolute atomic E-state index is 0.0134. The van der Waals surface area contributed by atoms with Gasteiger partial charge in [0.2, 0.25) is 8.32 Å². The number of aldehydes is 1. The second-order valence-electron chi connectivity index (χ2n) is 4.30. The monoisotopic (exact) mass is 222 g/mol. The summed E-state index contributed by atoms with van der Waals surface area (Å²) in [5.41, 5.74) is 0. The lowest BCUT2D eigenvalue weighted by atomic mass is 10.2. The summed E-state index contributed by atoms with van der Waals surface area (Å²) >= 11 is 0. The Morgan fingerprint density at radius 2 is 1.93 bits per heavy atom. The van der Waals surface area contributed by atoms with Gasteiger partial charge in [-0.3, -0.25) is 0 Å². The van der Waals surface area contributed by atoms with Gasteiger partial charge >= 0.3 is 0 Å². The standard InChI is InChI=1S/C12H18O2Si/c1-11(9-13)10-14-15(2,3)12-7-5-4-6-8-12/h4-9,11H,10H2,1-3H3/t11-/m1/s1. The normalized spacial score (nSPS) is 13.5. The first-order chi connectivity index (χ1) is 7.06. The lowest BCUT2D eigenvalue weighted by molar-refractivity contribution is -0.111. The first-order valence-electron chi connectivity index (χ1n) is 5.21. The molecule has 0 aliphatic heterocycles. The Hall–Kier alpha value is -0.933. The Labute approximate surface area is 92.4 Å². The second-order valence-corrected chi connectivity index (χ2v) is 8.19. The maximum atomic E-state index is 10.5. The van der Waals surface area contributed by atoms with E-state index in [1.54, 1.807) is 0 Å². The average molecular weight is 222 g/mol. The molecule has 82 valence electrons. The van der Waals surface area contributed by atoms with E-state index in [9.17, 15) is 4.79 Å². The first kappa shape index (κ1) is 12.1. The van der Waals surface area contributed by atoms with Crippen molar-refractivity contribution in [2.75, 3.05) is 6.61 Å². The third-order valence-electron chi connectivity index (χ3n) is 2.41. The molecule has 0 spiro atoms. The molecule has 0 unspecified atom stereocenters. The van der Waals surface area contributed by atoms with Gasteiger partial charge in [-0.2, -0.15) is 0 Å². The molecule has 0 saturated heterocycles. The van der Waals surface area contributed by atoms with Gasteiger partial charge in [0.15, 0.2) is 0 Å². The molecular formula is C12H18O2Si. The highest BCUT2D eigenvalue weighted by atomic mass is 28.4. The lowest BCUT2D eigenvalue weighted by Crippen LogP contribution is -2.45. The lowest BCUT2D eigenvalue weighted by Gasteiger charge is -2.24. The highest BCUT2D eigenvalue weighted by Gasteiger charge is 2.25. The van der Waals surface area contributed by atoms with Gasteiger partial charge in [0.05, 0.1) is 0 Å². The Bertz CT molecular complexity index is 309. The Morgan fingerprint density at radius 3 is 2.47 bits per heavy atom. The van der Waals surface area contributed by atoms with Crippen LogP contribution in [0.5, 0.6) is 0 Å². The molecule has 2 nitrogen and oxygen atoms in total. The molecule has 3 heteroatoms. The fourth-order valence-corrected chi connectivity index (χ4v) is 3.14. The highest BCUT2D eigenvalue weighted by Crippen LogP contribution is 2.07. The molecule has 1 aromatic carbocycles. The minimum Gasteiger partial charge on any atom is -0.412 e. The number of hydrogen-bond acceptors (Lipinski definition) is 2. The van der Waals surface area contributed by atoms with Crippen LogP contribution in [0.1, 0.15) is 6.92 Å². The first-order valence-corrected chi connectivity index (χ1v) is 8.12. The molecule has 15 heavy (non-hydrogen) atoms. The molecule has 0 saturated carbocycles. The third kappa shape index (κ3) is 3.61. The second kappa shape index (κ2) is 5.23. The Balaban J connectivity index is 2.63. The largest absolute Gasteiger partial charge is 0.412 e. The number of carbonyl (C=O) groups is 1. The molecule has 0 bridgehead atoms. The quantitative estimate of drug-likeness (QED) is 0.562. The van der Waals surface area contributed by atoms with E-state index in [1.165, 1.54) is 5.19 Å². The van der Waals surface area contributed by atoms with Crippen molar-refractivity contribution in [3.63, 3.8) is 0 Å². The maximum Gasteiger partial charge on any atom is 0.218 e. The summed E-state index contributed by atoms with van der Waals surface area (Å²) < 4.78 is 5.88. The van der Waals surface area contributed by atoms with Crippen molar-refractivity contribution in [2.45, 2.75) is 20.0 Å². The van der Waals surface area contributed by atoms with Crippen molar-refractivity contribution in [1.82, 2.24) is 0 Å². The molecular weight excluding hydrogens is 204 g/mol. The fourth-order valence-electron chi connectivity index (χ4n) is 1.30. The number of benzene rings is 1. The highest BCUT2D eigenvalue weighted by molar-refractivity contribution is 6.84. The average Bonchev–Trinajstić information content (AvgIpc) is 2.27. The maximum absolute atomic E-state index is 10.5. The van der Waals surface area contributed by atoms with Crippen molar-refractivity contribution in [1.29, 1.82) is 0 Å². The van der Waals surface area contributed by atoms with Crippen molar-refractivity contribution in [3.8, 4) is 0 Å². The predicted molar refractivity (Wildman–Crippen MR) is 64.7 cm³/mol. The summed E-state index contributed by atoms with van der Waals surface area (Å²) in [6.07, 6.45) is 0.940. The summed E-state index contributed by atoms with van der Waals surface area (Å²) in [6, 6.07) is 10.2. The minimum atomic E-state index is -1.82. The van der Waals surface area contributed by atoms with Crippen molar-refractivity contribution in [3.05, 3.63) is 30.3 Å². The van der Waals surface area contributed by atoms with E-state index in [0.29, 0.717) is 6.61 Å². The van der Waals surface area contributed by atoms with Gasteiger partial charge in [0, 0.05) is 12.5 Å². The van der Waals surface area contributed by atoms with E-state index in [-0.39, 0.29) is 5.92 Å². The SMILES string of the molecule is C[C@H](C=O)CO[Si](C)(C)c1ccccc1. The van der Waals surface area contributed by atoms with Crippen LogP contribution in [0.15, 0.2) is 30.3 Å². The summed E-state index contributed by atoms with van der Waals surface area (Å²) in [5, 5.41) is 1.27. The molecule has 0 amide bonds. The molecule has 1 atom stereocenters. The van der Waals surface area contributed by atoms with Crippen LogP contribution < -0.4 is 5.19 Å². The van der Waals surface area contributed by atoms with Gasteiger partial charge in [-0.25, -0.2) is 0 Å². The van der Waals surface area contributed by atoms with Crippen molar-refractivity contribution in [2.24, 2.45) is 5.92 Å². The Morgan fingerprint density at radius 1 is 1.33 bits per heavy atom. The van der Waals surface area contributed by atoms with Crippen LogP contribution >= 0.6 is 0 Å². The van der Waals surface area contributed by atoms with E-state index in [4.69, 9.17) is 4.43 Å². The van der Waals surface area contributed by atoms with Crippen LogP contribution in [0.4, 0.5) is 0 Å². The van der Waals surface area contributed by atoms with Crippen LogP contribution in [0.2, 0.25) is 13.1 Å². The number of carbonyl (C=O) groups excluding carboxylic acids is 1. The molecule has 1 rings (SSSR count). The van der Waals surface area contributed by atoms with Gasteiger partial charge < -0.3 is 9.22 Å². The third-order valence-corrected chi connectivity index (χ3v) is 5.02. The van der Waals surface area contributed by atoms with Crippen molar-refractivity contribution >= 4 is 19.8 Å². The number of rotatable bonds is 5. The van der Waals surface area contributed by atoms with Gasteiger partial charge in [0.25, 0.3) is 0 Å². The van der Waals surface area contributed by atoms with Crippen LogP contribution in [0, 0.1) is 5.92 Å². The topological polar surface area (TPSA) is 26.3 Å². The Kier molecular flexibility index (Phi) is 4.24. The van der Waals surface area contributed by atoms with Crippen LogP contribution in [0.3, 0.4) is 0 Å². The molecule has 0 aromatic heterocycles. The van der Waals surface area contributed by atoms with Crippen molar-refractivity contribution < 1.29 is 9.22 Å². The summed E-state index contributed by atoms with van der Waals surface area (Å²) in [4.78, 5) is 10.5. The van der Waals surface area contributed by atoms with Gasteiger partial charge in [0.1, 0.15) is 6.29 Å². The summed E-state index contributed by atoms with van der Waals surface area (Å²) in [7, 11) is -1.82. The van der Waals surface area contributed by atoms with Gasteiger partial charge in [-0.15, -0.1) is 0 Å². The van der Waals surface area contributed by atoms with Gasteiger partial charge in [-0.05, 0) is 18.3 Å². The van der Waals surface area contributed by atoms with E-state index in [2.05, 4.69) is 25.2 Å². The van der Waals surface area contributed by atoms with E-state index in [1.807, 2.05) is 25.1 Å². The van der Waals surface area contributed by atoms with Crippen LogP contribution in [-0.4, -0.2) is 21.2 Å². The molecule has 0 fully saturated rings. The van der Waals surface area contributed by atoms with Crippen LogP contribution in [0.25, 0.3) is 0 Å². The molecule has 0 N–H and O–H groups in total. The number of hydrogen-bond donors (Lipinski definition) is 0. The zero-order valence-electron chi connectivity index (χ0n) is 9.57. The fraction of sp³-hybridized carbons (Fsp3) is 0.417. The zero-order chi connectivity index (χ0) is 11.3. The predicted octanol–water partition coefficient (Wildman–Crippen LogP) is 1.95. The van der Waals surface area contributed by atoms with E-state index >= 15 is 0 Å². The van der Waals surface area contributed by atoms with Gasteiger partial charge in [-0.1, -0.05) is 37.3 Å². The molecule has 1 aromatic rings. The van der Waals surface area contributed by atoms with Crippen LogP contribution in [-0.2, 0) is 9.22 Å². The molecule has 0 aliphatic rings. The zero-order valence-corrected chi connectivity index (χ0v) is 10.6.